The number of nitrogens with zero attached hydrogens (tertiary/aromatic N) is 3. The Labute approximate surface area is 125 Å². The molecule has 0 bridgehead atoms. The average Bonchev–Trinajstić information content (AvgIpc) is 2.86. The maximum Gasteiger partial charge on any atom is 0.410 e. The van der Waals surface area contributed by atoms with Crippen LogP contribution in [0, 0.1) is 0 Å². The van der Waals surface area contributed by atoms with Gasteiger partial charge in [0.15, 0.2) is 0 Å². The number of carbonyl (C=O) groups is 1. The van der Waals surface area contributed by atoms with Crippen LogP contribution >= 0.6 is 0 Å². The maximum absolute atomic E-state index is 12.0. The zero-order valence-electron chi connectivity index (χ0n) is 13.1. The van der Waals surface area contributed by atoms with Crippen molar-refractivity contribution >= 4 is 6.09 Å². The topological polar surface area (TPSA) is 64.5 Å². The molecule has 1 aliphatic heterocycles. The Morgan fingerprint density at radius 2 is 2.19 bits per heavy atom. The predicted octanol–water partition coefficient (Wildman–Crippen LogP) is 2.56. The number of likely N-dealkylation sites (tertiary alicyclic amines) is 1. The predicted molar refractivity (Wildman–Crippen MR) is 77.7 cm³/mol. The van der Waals surface area contributed by atoms with Gasteiger partial charge in [-0.1, -0.05) is 0 Å². The van der Waals surface area contributed by atoms with E-state index in [0.29, 0.717) is 13.1 Å². The molecule has 1 aromatic heterocycles. The van der Waals surface area contributed by atoms with Crippen LogP contribution in [0.1, 0.15) is 45.9 Å². The molecule has 1 aliphatic rings. The van der Waals surface area contributed by atoms with Gasteiger partial charge >= 0.3 is 6.09 Å². The molecule has 0 aromatic carbocycles. The van der Waals surface area contributed by atoms with Gasteiger partial charge in [-0.25, -0.2) is 4.79 Å². The first-order valence-corrected chi connectivity index (χ1v) is 7.24. The molecule has 1 saturated heterocycles. The van der Waals surface area contributed by atoms with Crippen molar-refractivity contribution in [2.24, 2.45) is 0 Å². The number of amides is 1. The molecule has 116 valence electrons. The molecular formula is C15H23N3O3. The summed E-state index contributed by atoms with van der Waals surface area (Å²) in [5.41, 5.74) is 0.330. The lowest BCUT2D eigenvalue weighted by Gasteiger charge is -2.24. The van der Waals surface area contributed by atoms with Crippen molar-refractivity contribution in [2.75, 3.05) is 13.1 Å². The third kappa shape index (κ3) is 4.67. The maximum atomic E-state index is 12.0. The van der Waals surface area contributed by atoms with E-state index in [2.05, 4.69) is 9.97 Å². The zero-order chi connectivity index (χ0) is 15.5. The van der Waals surface area contributed by atoms with Crippen LogP contribution in [0.2, 0.25) is 0 Å². The van der Waals surface area contributed by atoms with E-state index >= 15 is 0 Å². The van der Waals surface area contributed by atoms with Gasteiger partial charge in [-0.15, -0.1) is 0 Å². The normalized spacial score (nSPS) is 20.4. The number of rotatable bonds is 3. The minimum atomic E-state index is -0.469. The Hall–Kier alpha value is -1.69. The van der Waals surface area contributed by atoms with Gasteiger partial charge in [0.2, 0.25) is 0 Å². The second kappa shape index (κ2) is 6.39. The smallest absolute Gasteiger partial charge is 0.410 e. The molecule has 0 unspecified atom stereocenters. The van der Waals surface area contributed by atoms with Gasteiger partial charge < -0.3 is 14.4 Å². The number of hydrogen-bond donors (Lipinski definition) is 0. The molecule has 1 aromatic rings. The SMILES string of the molecule is C[C@H](O[C@@H]1CCN(C(=O)OC(C)(C)C)C1)c1cnccn1. The number of carbonyl (C=O) groups excluding carboxylic acids is 1. The fourth-order valence-corrected chi connectivity index (χ4v) is 2.21. The lowest BCUT2D eigenvalue weighted by molar-refractivity contribution is -0.00572. The summed E-state index contributed by atoms with van der Waals surface area (Å²) < 4.78 is 11.3. The quantitative estimate of drug-likeness (QED) is 0.857. The van der Waals surface area contributed by atoms with Crippen LogP contribution in [0.25, 0.3) is 0 Å². The zero-order valence-corrected chi connectivity index (χ0v) is 13.1. The van der Waals surface area contributed by atoms with Crippen LogP contribution in [0.4, 0.5) is 4.79 Å². The molecule has 2 atom stereocenters. The van der Waals surface area contributed by atoms with Gasteiger partial charge in [0.05, 0.1) is 30.6 Å². The Morgan fingerprint density at radius 1 is 1.43 bits per heavy atom. The highest BCUT2D eigenvalue weighted by molar-refractivity contribution is 5.68. The molecule has 0 spiro atoms. The Bertz CT molecular complexity index is 473. The number of ether oxygens (including phenoxy) is 2. The molecule has 1 amide bonds. The summed E-state index contributed by atoms with van der Waals surface area (Å²) in [5.74, 6) is 0. The molecule has 0 radical (unpaired) electrons. The van der Waals surface area contributed by atoms with Gasteiger partial charge in [-0.05, 0) is 34.1 Å². The van der Waals surface area contributed by atoms with Crippen LogP contribution in [0.15, 0.2) is 18.6 Å². The molecular weight excluding hydrogens is 270 g/mol. The van der Waals surface area contributed by atoms with Crippen molar-refractivity contribution in [2.45, 2.75) is 51.9 Å². The third-order valence-electron chi connectivity index (χ3n) is 3.19. The molecule has 0 aliphatic carbocycles. The Balaban J connectivity index is 1.84. The van der Waals surface area contributed by atoms with Gasteiger partial charge in [0, 0.05) is 18.9 Å². The highest BCUT2D eigenvalue weighted by Gasteiger charge is 2.31. The van der Waals surface area contributed by atoms with Crippen LogP contribution in [-0.4, -0.2) is 45.8 Å². The summed E-state index contributed by atoms with van der Waals surface area (Å²) in [5, 5.41) is 0. The molecule has 6 nitrogen and oxygen atoms in total. The van der Waals surface area contributed by atoms with E-state index in [1.165, 1.54) is 0 Å². The molecule has 6 heteroatoms. The molecule has 21 heavy (non-hydrogen) atoms. The Morgan fingerprint density at radius 3 is 2.81 bits per heavy atom. The Kier molecular flexibility index (Phi) is 4.77. The lowest BCUT2D eigenvalue weighted by Crippen LogP contribution is -2.36. The van der Waals surface area contributed by atoms with Gasteiger partial charge in [-0.2, -0.15) is 0 Å². The van der Waals surface area contributed by atoms with E-state index in [4.69, 9.17) is 9.47 Å². The van der Waals surface area contributed by atoms with Crippen LogP contribution < -0.4 is 0 Å². The van der Waals surface area contributed by atoms with E-state index < -0.39 is 5.60 Å². The van der Waals surface area contributed by atoms with Crippen molar-refractivity contribution in [3.8, 4) is 0 Å². The summed E-state index contributed by atoms with van der Waals surface area (Å²) in [4.78, 5) is 21.9. The van der Waals surface area contributed by atoms with E-state index in [9.17, 15) is 4.79 Å². The van der Waals surface area contributed by atoms with E-state index in [0.717, 1.165) is 12.1 Å². The monoisotopic (exact) mass is 293 g/mol. The van der Waals surface area contributed by atoms with E-state index in [1.807, 2.05) is 27.7 Å². The van der Waals surface area contributed by atoms with Crippen molar-refractivity contribution < 1.29 is 14.3 Å². The average molecular weight is 293 g/mol. The van der Waals surface area contributed by atoms with Crippen LogP contribution in [0.3, 0.4) is 0 Å². The van der Waals surface area contributed by atoms with Crippen LogP contribution in [-0.2, 0) is 9.47 Å². The summed E-state index contributed by atoms with van der Waals surface area (Å²) in [6, 6.07) is 0. The van der Waals surface area contributed by atoms with E-state index in [-0.39, 0.29) is 18.3 Å². The highest BCUT2D eigenvalue weighted by atomic mass is 16.6. The standard InChI is InChI=1S/C15H23N3O3/c1-11(13-9-16-6-7-17-13)20-12-5-8-18(10-12)14(19)21-15(2,3)4/h6-7,9,11-12H,5,8,10H2,1-4H3/t11-,12+/m0/s1. The summed E-state index contributed by atoms with van der Waals surface area (Å²) in [7, 11) is 0. The molecule has 0 N–H and O–H groups in total. The fraction of sp³-hybridized carbons (Fsp3) is 0.667. The van der Waals surface area contributed by atoms with Crippen LogP contribution in [0.5, 0.6) is 0 Å². The van der Waals surface area contributed by atoms with Crippen molar-refractivity contribution in [1.29, 1.82) is 0 Å². The minimum Gasteiger partial charge on any atom is -0.444 e. The summed E-state index contributed by atoms with van der Waals surface area (Å²) in [6.45, 7) is 8.76. The minimum absolute atomic E-state index is 0.00882. The summed E-state index contributed by atoms with van der Waals surface area (Å²) in [6.07, 6.45) is 5.39. The van der Waals surface area contributed by atoms with Crippen molar-refractivity contribution in [3.05, 3.63) is 24.3 Å². The largest absolute Gasteiger partial charge is 0.444 e. The molecule has 0 saturated carbocycles. The fourth-order valence-electron chi connectivity index (χ4n) is 2.21. The summed E-state index contributed by atoms with van der Waals surface area (Å²) >= 11 is 0. The van der Waals surface area contributed by atoms with Gasteiger partial charge in [0.25, 0.3) is 0 Å². The van der Waals surface area contributed by atoms with Crippen molar-refractivity contribution in [1.82, 2.24) is 14.9 Å². The number of hydrogen-bond acceptors (Lipinski definition) is 5. The highest BCUT2D eigenvalue weighted by Crippen LogP contribution is 2.22. The third-order valence-corrected chi connectivity index (χ3v) is 3.19. The first-order chi connectivity index (χ1) is 9.85. The first-order valence-electron chi connectivity index (χ1n) is 7.24. The molecule has 2 heterocycles. The van der Waals surface area contributed by atoms with E-state index in [1.54, 1.807) is 23.5 Å². The second-order valence-corrected chi connectivity index (χ2v) is 6.25. The van der Waals surface area contributed by atoms with Gasteiger partial charge in [0.1, 0.15) is 5.60 Å². The molecule has 2 rings (SSSR count). The first kappa shape index (κ1) is 15.7. The molecule has 1 fully saturated rings. The van der Waals surface area contributed by atoms with Crippen molar-refractivity contribution in [3.63, 3.8) is 0 Å². The lowest BCUT2D eigenvalue weighted by atomic mass is 10.2. The van der Waals surface area contributed by atoms with Gasteiger partial charge in [-0.3, -0.25) is 9.97 Å². The second-order valence-electron chi connectivity index (χ2n) is 6.25. The number of aromatic nitrogens is 2.